The summed E-state index contributed by atoms with van der Waals surface area (Å²) in [5.41, 5.74) is 15.5. The molecule has 1 saturated heterocycles. The van der Waals surface area contributed by atoms with Crippen LogP contribution in [-0.4, -0.2) is 34.4 Å². The molecule has 0 amide bonds. The summed E-state index contributed by atoms with van der Waals surface area (Å²) in [6.07, 6.45) is 26.6. The van der Waals surface area contributed by atoms with Gasteiger partial charge in [-0.1, -0.05) is 106 Å². The predicted octanol–water partition coefficient (Wildman–Crippen LogP) is 12.6. The molecule has 2 aromatic rings. The molecule has 0 aromatic heterocycles. The van der Waals surface area contributed by atoms with Crippen LogP contribution in [0.25, 0.3) is 5.57 Å². The summed E-state index contributed by atoms with van der Waals surface area (Å²) < 4.78 is -0.388. The molecule has 1 heterocycles. The van der Waals surface area contributed by atoms with E-state index in [2.05, 4.69) is 101 Å². The van der Waals surface area contributed by atoms with Gasteiger partial charge >= 0.3 is 0 Å². The van der Waals surface area contributed by atoms with Gasteiger partial charge in [0.2, 0.25) is 0 Å². The van der Waals surface area contributed by atoms with Gasteiger partial charge in [-0.2, -0.15) is 0 Å². The van der Waals surface area contributed by atoms with E-state index < -0.39 is 13.3 Å². The van der Waals surface area contributed by atoms with Crippen LogP contribution in [0.2, 0.25) is 0 Å². The van der Waals surface area contributed by atoms with Crippen molar-refractivity contribution in [1.82, 2.24) is 10.6 Å². The van der Waals surface area contributed by atoms with E-state index in [-0.39, 0.29) is 29.5 Å². The monoisotopic (exact) mass is 844 g/mol. The van der Waals surface area contributed by atoms with Gasteiger partial charge < -0.3 is 10.6 Å². The van der Waals surface area contributed by atoms with Crippen molar-refractivity contribution in [2.75, 3.05) is 13.1 Å². The van der Waals surface area contributed by atoms with Gasteiger partial charge in [-0.25, -0.2) is 0 Å². The molecule has 2 N–H and O–H groups in total. The second-order valence-corrected chi connectivity index (χ2v) is 21.1. The van der Waals surface area contributed by atoms with Crippen LogP contribution in [0.15, 0.2) is 65.5 Å². The normalized spacial score (nSPS) is 28.1. The Hall–Kier alpha value is -1.37. The zero-order valence-electron chi connectivity index (χ0n) is 32.5. The fraction of sp³-hybridized carbons (Fsp3) is 0.565. The Bertz CT molecular complexity index is 1690. The first kappa shape index (κ1) is 40.3. The van der Waals surface area contributed by atoms with Crippen molar-refractivity contribution >= 4 is 36.7 Å². The topological polar surface area (TPSA) is 24.1 Å². The number of aryl methyl sites for hydroxylation is 6. The van der Waals surface area contributed by atoms with Crippen LogP contribution < -0.4 is 10.6 Å². The minimum atomic E-state index is -0.560. The maximum Gasteiger partial charge on any atom is 0.104 e. The SMILES string of the molecule is Cc1cc(C)c(C2=CC=CC(C=C3C(Cl)CCCC3(Cl)P(C3CCCCC3)C3CCCCC3)(c3c(C)cc(C)cc3C)C2=C2NCCN2)c(C)c1.[Ru]. The number of alkyl halides is 2. The maximum atomic E-state index is 8.56. The Morgan fingerprint density at radius 2 is 1.23 bits per heavy atom. The summed E-state index contributed by atoms with van der Waals surface area (Å²) >= 11 is 16.3. The Labute approximate surface area is 339 Å². The molecule has 0 spiro atoms. The molecule has 3 unspecified atom stereocenters. The molecule has 6 heteroatoms. The average Bonchev–Trinajstić information content (AvgIpc) is 3.61. The average molecular weight is 845 g/mol. The number of halogens is 2. The quantitative estimate of drug-likeness (QED) is 0.131. The van der Waals surface area contributed by atoms with Crippen molar-refractivity contribution in [2.24, 2.45) is 0 Å². The first-order chi connectivity index (χ1) is 24.5. The minimum absolute atomic E-state index is 0. The van der Waals surface area contributed by atoms with Crippen molar-refractivity contribution in [3.05, 3.63) is 110 Å². The molecular weight excluding hydrogens is 783 g/mol. The van der Waals surface area contributed by atoms with Crippen LogP contribution in [-0.2, 0) is 24.9 Å². The largest absolute Gasteiger partial charge is 0.370 e. The number of allylic oxidation sites excluding steroid dienone is 7. The van der Waals surface area contributed by atoms with E-state index in [0.717, 1.165) is 49.5 Å². The molecule has 2 nitrogen and oxygen atoms in total. The molecule has 0 bridgehead atoms. The van der Waals surface area contributed by atoms with E-state index in [4.69, 9.17) is 23.2 Å². The smallest absolute Gasteiger partial charge is 0.104 e. The van der Waals surface area contributed by atoms with Gasteiger partial charge in [0.15, 0.2) is 0 Å². The van der Waals surface area contributed by atoms with Crippen LogP contribution >= 0.6 is 31.1 Å². The van der Waals surface area contributed by atoms with E-state index in [0.29, 0.717) is 0 Å². The fourth-order valence-corrected chi connectivity index (χ4v) is 17.3. The Kier molecular flexibility index (Phi) is 13.0. The summed E-state index contributed by atoms with van der Waals surface area (Å²) in [5, 5.41) is 7.63. The van der Waals surface area contributed by atoms with Crippen molar-refractivity contribution < 1.29 is 19.5 Å². The molecular formula is C46H61Cl2N2PRu. The third-order valence-electron chi connectivity index (χ3n) is 12.8. The molecule has 2 aromatic carbocycles. The summed E-state index contributed by atoms with van der Waals surface area (Å²) in [6.45, 7) is 15.5. The van der Waals surface area contributed by atoms with E-state index >= 15 is 0 Å². The summed E-state index contributed by atoms with van der Waals surface area (Å²) in [5.74, 6) is 1.14. The Morgan fingerprint density at radius 1 is 0.712 bits per heavy atom. The van der Waals surface area contributed by atoms with Gasteiger partial charge in [-0.15, -0.1) is 23.2 Å². The first-order valence-corrected chi connectivity index (χ1v) is 22.5. The van der Waals surface area contributed by atoms with Gasteiger partial charge in [-0.3, -0.25) is 0 Å². The first-order valence-electron chi connectivity index (χ1n) is 20.2. The Balaban J connectivity index is 0.00000464. The summed E-state index contributed by atoms with van der Waals surface area (Å²) in [6, 6.07) is 9.48. The number of benzene rings is 2. The van der Waals surface area contributed by atoms with Crippen LogP contribution in [0.5, 0.6) is 0 Å². The second kappa shape index (κ2) is 16.8. The van der Waals surface area contributed by atoms with Gasteiger partial charge in [-0.05, 0) is 142 Å². The third kappa shape index (κ3) is 7.58. The molecule has 4 aliphatic carbocycles. The minimum Gasteiger partial charge on any atom is -0.370 e. The van der Waals surface area contributed by atoms with Gasteiger partial charge in [0.05, 0.1) is 15.4 Å². The summed E-state index contributed by atoms with van der Waals surface area (Å²) in [7, 11) is -0.468. The second-order valence-electron chi connectivity index (χ2n) is 16.7. The molecule has 282 valence electrons. The number of hydrogen-bond acceptors (Lipinski definition) is 2. The van der Waals surface area contributed by atoms with E-state index in [1.54, 1.807) is 0 Å². The molecule has 0 radical (unpaired) electrons. The molecule has 5 aliphatic rings. The molecule has 1 aliphatic heterocycles. The van der Waals surface area contributed by atoms with Crippen molar-refractivity contribution in [1.29, 1.82) is 0 Å². The van der Waals surface area contributed by atoms with Crippen LogP contribution in [0.4, 0.5) is 0 Å². The summed E-state index contributed by atoms with van der Waals surface area (Å²) in [4.78, 5) is 0. The molecule has 4 fully saturated rings. The fourth-order valence-electron chi connectivity index (χ4n) is 11.1. The molecule has 3 atom stereocenters. The zero-order chi connectivity index (χ0) is 35.9. The standard InChI is InChI=1S/C46H61Cl2N2P.Ru/c1-30-25-32(3)41(33(4)26-30)38-19-13-21-45(43(38)44-49-23-24-50-44,42-34(5)27-31(2)28-35(42)6)29-39-40(47)20-14-22-46(39,48)51(36-15-9-7-10-16-36)37-17-11-8-12-18-37;/h13,19,21,25-29,36-37,40,49-50H,7-12,14-18,20,22-24H2,1-6H3;. The Morgan fingerprint density at radius 3 is 1.77 bits per heavy atom. The van der Waals surface area contributed by atoms with E-state index in [1.807, 2.05) is 0 Å². The van der Waals surface area contributed by atoms with Crippen molar-refractivity contribution in [2.45, 2.75) is 152 Å². The molecule has 3 saturated carbocycles. The van der Waals surface area contributed by atoms with Crippen LogP contribution in [0.3, 0.4) is 0 Å². The molecule has 7 rings (SSSR count). The van der Waals surface area contributed by atoms with Gasteiger partial charge in [0.25, 0.3) is 0 Å². The number of rotatable bonds is 6. The van der Waals surface area contributed by atoms with E-state index in [1.165, 1.54) is 125 Å². The number of nitrogens with one attached hydrogen (secondary N) is 2. The maximum absolute atomic E-state index is 8.56. The van der Waals surface area contributed by atoms with Crippen molar-refractivity contribution in [3.63, 3.8) is 0 Å². The van der Waals surface area contributed by atoms with E-state index in [9.17, 15) is 0 Å². The third-order valence-corrected chi connectivity index (χ3v) is 18.1. The van der Waals surface area contributed by atoms with Crippen molar-refractivity contribution in [3.8, 4) is 0 Å². The van der Waals surface area contributed by atoms with Gasteiger partial charge in [0, 0.05) is 38.1 Å². The predicted molar refractivity (Wildman–Crippen MR) is 224 cm³/mol. The van der Waals surface area contributed by atoms with Crippen LogP contribution in [0, 0.1) is 41.5 Å². The van der Waals surface area contributed by atoms with Gasteiger partial charge in [0.1, 0.15) is 5.82 Å². The molecule has 52 heavy (non-hydrogen) atoms. The number of hydrogen-bond donors (Lipinski definition) is 2. The zero-order valence-corrected chi connectivity index (χ0v) is 36.7. The van der Waals surface area contributed by atoms with Crippen LogP contribution in [0.1, 0.15) is 128 Å².